The number of aliphatic hydroxyl groups is 1. The monoisotopic (exact) mass is 491 g/mol. The average molecular weight is 492 g/mol. The molecule has 2 aromatic rings. The SMILES string of the molecule is O=C(O)C1=C(CSc2[nH]nnc2C(=O)O)CS[C@H]2C(NC(=O)C(O)c3ccccc3)C(=O)N12. The summed E-state index contributed by atoms with van der Waals surface area (Å²) >= 11 is 2.28. The highest BCUT2D eigenvalue weighted by Gasteiger charge is 2.54. The number of carbonyl (C=O) groups is 4. The Labute approximate surface area is 194 Å². The van der Waals surface area contributed by atoms with Crippen molar-refractivity contribution in [1.82, 2.24) is 25.6 Å². The molecule has 12 nitrogen and oxygen atoms in total. The van der Waals surface area contributed by atoms with Gasteiger partial charge >= 0.3 is 11.9 Å². The minimum absolute atomic E-state index is 0.0963. The highest BCUT2D eigenvalue weighted by Crippen LogP contribution is 2.41. The van der Waals surface area contributed by atoms with E-state index in [1.54, 1.807) is 30.3 Å². The number of fused-ring (bicyclic) bond motifs is 1. The molecule has 5 N–H and O–H groups in total. The smallest absolute Gasteiger partial charge is 0.359 e. The van der Waals surface area contributed by atoms with Crippen LogP contribution in [0.4, 0.5) is 0 Å². The maximum Gasteiger partial charge on any atom is 0.359 e. The number of H-pyrrole nitrogens is 1. The molecule has 2 amide bonds. The van der Waals surface area contributed by atoms with Crippen molar-refractivity contribution in [2.75, 3.05) is 11.5 Å². The number of aromatic carboxylic acids is 1. The number of nitrogens with one attached hydrogen (secondary N) is 2. The van der Waals surface area contributed by atoms with Crippen LogP contribution in [0.25, 0.3) is 0 Å². The van der Waals surface area contributed by atoms with E-state index in [4.69, 9.17) is 5.11 Å². The van der Waals surface area contributed by atoms with Crippen LogP contribution in [0, 0.1) is 0 Å². The van der Waals surface area contributed by atoms with Gasteiger partial charge in [-0.25, -0.2) is 9.59 Å². The van der Waals surface area contributed by atoms with E-state index in [1.807, 2.05) is 0 Å². The van der Waals surface area contributed by atoms with Gasteiger partial charge < -0.3 is 20.6 Å². The van der Waals surface area contributed by atoms with Gasteiger partial charge in [-0.1, -0.05) is 47.3 Å². The number of rotatable bonds is 8. The number of carboxylic acids is 2. The summed E-state index contributed by atoms with van der Waals surface area (Å²) in [5.74, 6) is -3.59. The Hall–Kier alpha value is -3.36. The third kappa shape index (κ3) is 4.31. The fraction of sp³-hybridized carbons (Fsp3) is 0.263. The van der Waals surface area contributed by atoms with Gasteiger partial charge in [-0.15, -0.1) is 16.9 Å². The molecule has 3 heterocycles. The number of aliphatic hydroxyl groups excluding tert-OH is 1. The molecule has 0 bridgehead atoms. The van der Waals surface area contributed by atoms with Gasteiger partial charge in [0.05, 0.1) is 0 Å². The van der Waals surface area contributed by atoms with Gasteiger partial charge in [0, 0.05) is 11.5 Å². The lowest BCUT2D eigenvalue weighted by Crippen LogP contribution is -2.70. The highest BCUT2D eigenvalue weighted by molar-refractivity contribution is 8.01. The Morgan fingerprint density at radius 2 is 1.97 bits per heavy atom. The second kappa shape index (κ2) is 9.25. The molecular weight excluding hydrogens is 474 g/mol. The lowest BCUT2D eigenvalue weighted by molar-refractivity contribution is -0.151. The minimum Gasteiger partial charge on any atom is -0.477 e. The molecule has 33 heavy (non-hydrogen) atoms. The van der Waals surface area contributed by atoms with Crippen LogP contribution in [0.1, 0.15) is 22.2 Å². The van der Waals surface area contributed by atoms with Crippen molar-refractivity contribution >= 4 is 47.3 Å². The van der Waals surface area contributed by atoms with Crippen molar-refractivity contribution in [2.45, 2.75) is 22.5 Å². The van der Waals surface area contributed by atoms with Gasteiger partial charge in [-0.05, 0) is 11.1 Å². The standard InChI is InChI=1S/C19H17N5O7S2/c25-13(8-4-2-1-3-5-8)14(26)20-11-16(27)24-12(19(30)31)9(7-33-17(11)24)6-32-15-10(18(28)29)21-23-22-15/h1-5,11,13,17,25H,6-7H2,(H,20,26)(H,28,29)(H,30,31)(H,21,22,23)/t11?,13?,17-/m0/s1. The third-order valence-corrected chi connectivity index (χ3v) is 7.43. The van der Waals surface area contributed by atoms with Crippen molar-refractivity contribution < 1.29 is 34.5 Å². The van der Waals surface area contributed by atoms with Crippen LogP contribution in [0.5, 0.6) is 0 Å². The van der Waals surface area contributed by atoms with Crippen LogP contribution in [0.15, 0.2) is 46.6 Å². The Kier molecular flexibility index (Phi) is 6.40. The van der Waals surface area contributed by atoms with Gasteiger partial charge in [-0.2, -0.15) is 0 Å². The number of nitrogens with zero attached hydrogens (tertiary/aromatic N) is 3. The van der Waals surface area contributed by atoms with E-state index in [-0.39, 0.29) is 27.9 Å². The Balaban J connectivity index is 1.47. The van der Waals surface area contributed by atoms with Gasteiger partial charge in [0.2, 0.25) is 5.69 Å². The van der Waals surface area contributed by atoms with Crippen molar-refractivity contribution in [3.05, 3.63) is 52.9 Å². The molecule has 2 aliphatic heterocycles. The first-order valence-corrected chi connectivity index (χ1v) is 11.5. The van der Waals surface area contributed by atoms with Gasteiger partial charge in [0.25, 0.3) is 11.8 Å². The van der Waals surface area contributed by atoms with Crippen LogP contribution < -0.4 is 5.32 Å². The molecule has 0 saturated carbocycles. The number of hydrogen-bond acceptors (Lipinski definition) is 9. The Bertz CT molecular complexity index is 1150. The van der Waals surface area contributed by atoms with Crippen molar-refractivity contribution in [1.29, 1.82) is 0 Å². The molecule has 1 aromatic carbocycles. The topological polar surface area (TPSA) is 186 Å². The lowest BCUT2D eigenvalue weighted by Gasteiger charge is -2.49. The van der Waals surface area contributed by atoms with E-state index < -0.39 is 41.3 Å². The molecule has 3 atom stereocenters. The summed E-state index contributed by atoms with van der Waals surface area (Å²) in [5, 5.41) is 40.5. The normalized spacial score (nSPS) is 20.6. The molecule has 2 unspecified atom stereocenters. The zero-order valence-electron chi connectivity index (χ0n) is 16.7. The van der Waals surface area contributed by atoms with E-state index in [2.05, 4.69) is 20.7 Å². The maximum absolute atomic E-state index is 12.7. The summed E-state index contributed by atoms with van der Waals surface area (Å²) in [7, 11) is 0. The first kappa shape index (κ1) is 22.8. The second-order valence-corrected chi connectivity index (χ2v) is 9.14. The van der Waals surface area contributed by atoms with Gasteiger partial charge in [0.15, 0.2) is 6.10 Å². The molecule has 0 radical (unpaired) electrons. The van der Waals surface area contributed by atoms with Crippen molar-refractivity contribution in [2.24, 2.45) is 0 Å². The number of aromatic amines is 1. The predicted molar refractivity (Wildman–Crippen MR) is 115 cm³/mol. The summed E-state index contributed by atoms with van der Waals surface area (Å²) in [5.41, 5.74) is 0.310. The molecule has 172 valence electrons. The maximum atomic E-state index is 12.7. The highest BCUT2D eigenvalue weighted by atomic mass is 32.2. The van der Waals surface area contributed by atoms with Crippen LogP contribution in [-0.4, -0.2) is 82.3 Å². The van der Waals surface area contributed by atoms with Crippen LogP contribution in [-0.2, 0) is 14.4 Å². The van der Waals surface area contributed by atoms with E-state index in [9.17, 15) is 29.4 Å². The van der Waals surface area contributed by atoms with Crippen molar-refractivity contribution in [3.8, 4) is 0 Å². The summed E-state index contributed by atoms with van der Waals surface area (Å²) in [6.07, 6.45) is -1.46. The molecule has 0 spiro atoms. The lowest BCUT2D eigenvalue weighted by atomic mass is 10.0. The zero-order chi connectivity index (χ0) is 23.7. The van der Waals surface area contributed by atoms with Crippen LogP contribution >= 0.6 is 23.5 Å². The predicted octanol–water partition coefficient (Wildman–Crippen LogP) is 0.0672. The fourth-order valence-corrected chi connectivity index (χ4v) is 5.83. The van der Waals surface area contributed by atoms with E-state index in [0.29, 0.717) is 11.1 Å². The molecular formula is C19H17N5O7S2. The fourth-order valence-electron chi connectivity index (χ4n) is 3.43. The Morgan fingerprint density at radius 1 is 1.24 bits per heavy atom. The van der Waals surface area contributed by atoms with Gasteiger partial charge in [0.1, 0.15) is 22.1 Å². The second-order valence-electron chi connectivity index (χ2n) is 7.05. The molecule has 4 rings (SSSR count). The molecule has 0 aliphatic carbocycles. The number of carbonyl (C=O) groups excluding carboxylic acids is 2. The van der Waals surface area contributed by atoms with E-state index in [1.165, 1.54) is 11.8 Å². The number of hydrogen-bond donors (Lipinski definition) is 5. The summed E-state index contributed by atoms with van der Waals surface area (Å²) in [4.78, 5) is 49.4. The van der Waals surface area contributed by atoms with E-state index in [0.717, 1.165) is 16.7 Å². The number of aliphatic carboxylic acids is 1. The van der Waals surface area contributed by atoms with E-state index >= 15 is 0 Å². The quantitative estimate of drug-likeness (QED) is 0.248. The number of aromatic nitrogens is 3. The molecule has 14 heteroatoms. The minimum atomic E-state index is -1.46. The first-order valence-electron chi connectivity index (χ1n) is 9.50. The van der Waals surface area contributed by atoms with Crippen molar-refractivity contribution in [3.63, 3.8) is 0 Å². The molecule has 1 fully saturated rings. The number of β-lactam (4-membered cyclic amide) rings is 1. The molecule has 1 aromatic heterocycles. The first-order chi connectivity index (χ1) is 15.8. The number of benzene rings is 1. The summed E-state index contributed by atoms with van der Waals surface area (Å²) < 4.78 is 0. The Morgan fingerprint density at radius 3 is 2.64 bits per heavy atom. The van der Waals surface area contributed by atoms with Crippen LogP contribution in [0.3, 0.4) is 0 Å². The number of carboxylic acid groups (broad SMARTS) is 2. The molecule has 2 aliphatic rings. The average Bonchev–Trinajstić information content (AvgIpc) is 3.29. The zero-order valence-corrected chi connectivity index (χ0v) is 18.3. The number of thioether (sulfide) groups is 2. The van der Waals surface area contributed by atoms with Crippen LogP contribution in [0.2, 0.25) is 0 Å². The summed E-state index contributed by atoms with van der Waals surface area (Å²) in [6.45, 7) is 0. The van der Waals surface area contributed by atoms with Gasteiger partial charge in [-0.3, -0.25) is 19.6 Å². The summed E-state index contributed by atoms with van der Waals surface area (Å²) in [6, 6.07) is 7.26. The molecule has 1 saturated heterocycles. The largest absolute Gasteiger partial charge is 0.477 e. The third-order valence-electron chi connectivity index (χ3n) is 5.02. The number of amides is 2.